The van der Waals surface area contributed by atoms with Gasteiger partial charge in [0.25, 0.3) is 0 Å². The minimum absolute atomic E-state index is 0.130. The number of hydrogen-bond acceptors (Lipinski definition) is 3. The molecule has 0 saturated carbocycles. The van der Waals surface area contributed by atoms with Crippen LogP contribution >= 0.6 is 0 Å². The normalized spacial score (nSPS) is 12.1. The fourth-order valence-electron chi connectivity index (χ4n) is 1.25. The summed E-state index contributed by atoms with van der Waals surface area (Å²) >= 11 is 0. The van der Waals surface area contributed by atoms with Crippen LogP contribution in [0, 0.1) is 0 Å². The van der Waals surface area contributed by atoms with E-state index in [4.69, 9.17) is 4.74 Å². The molecule has 0 fully saturated rings. The van der Waals surface area contributed by atoms with Crippen molar-refractivity contribution in [2.45, 2.75) is 51.6 Å². The van der Waals surface area contributed by atoms with Crippen LogP contribution < -0.4 is 0 Å². The summed E-state index contributed by atoms with van der Waals surface area (Å²) < 4.78 is 4.93. The number of aliphatic hydroxyl groups is 1. The van der Waals surface area contributed by atoms with Crippen LogP contribution in [-0.2, 0) is 9.53 Å². The highest BCUT2D eigenvalue weighted by Gasteiger charge is 2.04. The molecule has 0 aliphatic heterocycles. The minimum atomic E-state index is -0.311. The maximum absolute atomic E-state index is 11.1. The van der Waals surface area contributed by atoms with E-state index in [-0.39, 0.29) is 12.1 Å². The molecule has 0 aliphatic carbocycles. The van der Waals surface area contributed by atoms with E-state index in [0.29, 0.717) is 19.4 Å². The van der Waals surface area contributed by atoms with Crippen LogP contribution in [0.3, 0.4) is 0 Å². The highest BCUT2D eigenvalue weighted by Crippen LogP contribution is 2.07. The van der Waals surface area contributed by atoms with Crippen molar-refractivity contribution >= 4 is 5.97 Å². The van der Waals surface area contributed by atoms with E-state index in [9.17, 15) is 9.90 Å². The summed E-state index contributed by atoms with van der Waals surface area (Å²) in [6, 6.07) is 0. The van der Waals surface area contributed by atoms with Gasteiger partial charge in [-0.2, -0.15) is 0 Å². The molecular weight excluding hydrogens is 192 g/mol. The number of hydrogen-bond donors (Lipinski definition) is 1. The molecule has 0 saturated heterocycles. The molecule has 3 nitrogen and oxygen atoms in total. The minimum Gasteiger partial charge on any atom is -0.466 e. The van der Waals surface area contributed by atoms with Crippen LogP contribution in [-0.4, -0.2) is 23.8 Å². The standard InChI is InChI=1S/C12H22O3/c1-3-7-11(13)8-5-6-9-12(14)15-10-4-2/h3,11,13H,1,4-10H2,2H3/t11-/m1/s1. The molecule has 0 aromatic carbocycles. The molecule has 3 heteroatoms. The Bertz CT molecular complexity index is 178. The molecular formula is C12H22O3. The highest BCUT2D eigenvalue weighted by atomic mass is 16.5. The van der Waals surface area contributed by atoms with Gasteiger partial charge in [-0.15, -0.1) is 6.58 Å². The first-order chi connectivity index (χ1) is 7.20. The van der Waals surface area contributed by atoms with Crippen molar-refractivity contribution in [1.82, 2.24) is 0 Å². The predicted molar refractivity (Wildman–Crippen MR) is 60.5 cm³/mol. The Morgan fingerprint density at radius 1 is 1.53 bits per heavy atom. The molecule has 0 spiro atoms. The molecule has 0 aliphatic rings. The summed E-state index contributed by atoms with van der Waals surface area (Å²) in [5.74, 6) is -0.130. The quantitative estimate of drug-likeness (QED) is 0.364. The van der Waals surface area contributed by atoms with Crippen LogP contribution in [0.25, 0.3) is 0 Å². The number of ether oxygens (including phenoxy) is 1. The Hall–Kier alpha value is -0.830. The Kier molecular flexibility index (Phi) is 9.18. The van der Waals surface area contributed by atoms with Gasteiger partial charge in [-0.1, -0.05) is 19.4 Å². The summed E-state index contributed by atoms with van der Waals surface area (Å²) in [6.45, 7) is 6.04. The van der Waals surface area contributed by atoms with Gasteiger partial charge in [-0.3, -0.25) is 4.79 Å². The van der Waals surface area contributed by atoms with Gasteiger partial charge in [-0.05, 0) is 25.7 Å². The number of unbranched alkanes of at least 4 members (excludes halogenated alkanes) is 1. The van der Waals surface area contributed by atoms with Gasteiger partial charge in [-0.25, -0.2) is 0 Å². The van der Waals surface area contributed by atoms with E-state index in [0.717, 1.165) is 25.7 Å². The number of carbonyl (C=O) groups excluding carboxylic acids is 1. The van der Waals surface area contributed by atoms with Crippen LogP contribution in [0.1, 0.15) is 45.4 Å². The second-order valence-corrected chi connectivity index (χ2v) is 3.64. The third kappa shape index (κ3) is 9.47. The van der Waals surface area contributed by atoms with Crippen molar-refractivity contribution in [3.63, 3.8) is 0 Å². The van der Waals surface area contributed by atoms with Crippen LogP contribution in [0.4, 0.5) is 0 Å². The number of rotatable bonds is 9. The molecule has 0 amide bonds. The van der Waals surface area contributed by atoms with Crippen LogP contribution in [0.2, 0.25) is 0 Å². The zero-order valence-electron chi connectivity index (χ0n) is 9.58. The number of esters is 1. The lowest BCUT2D eigenvalue weighted by atomic mass is 10.1. The molecule has 0 bridgehead atoms. The van der Waals surface area contributed by atoms with Gasteiger partial charge >= 0.3 is 5.97 Å². The third-order valence-corrected chi connectivity index (χ3v) is 2.07. The molecule has 0 heterocycles. The molecule has 1 atom stereocenters. The summed E-state index contributed by atoms with van der Waals surface area (Å²) in [5.41, 5.74) is 0. The zero-order chi connectivity index (χ0) is 11.5. The Morgan fingerprint density at radius 2 is 2.27 bits per heavy atom. The molecule has 0 aromatic heterocycles. The molecule has 15 heavy (non-hydrogen) atoms. The van der Waals surface area contributed by atoms with Crippen molar-refractivity contribution in [3.05, 3.63) is 12.7 Å². The predicted octanol–water partition coefficient (Wildman–Crippen LogP) is 2.44. The molecule has 0 radical (unpaired) electrons. The smallest absolute Gasteiger partial charge is 0.305 e. The van der Waals surface area contributed by atoms with Gasteiger partial charge in [0, 0.05) is 6.42 Å². The Balaban J connectivity index is 3.29. The third-order valence-electron chi connectivity index (χ3n) is 2.07. The first-order valence-electron chi connectivity index (χ1n) is 5.65. The van der Waals surface area contributed by atoms with Crippen molar-refractivity contribution in [1.29, 1.82) is 0 Å². The van der Waals surface area contributed by atoms with E-state index in [1.165, 1.54) is 0 Å². The fourth-order valence-corrected chi connectivity index (χ4v) is 1.25. The molecule has 1 N–H and O–H groups in total. The number of carbonyl (C=O) groups is 1. The summed E-state index contributed by atoms with van der Waals surface area (Å²) in [7, 11) is 0. The lowest BCUT2D eigenvalue weighted by Gasteiger charge is -2.07. The first kappa shape index (κ1) is 14.2. The Morgan fingerprint density at radius 3 is 2.87 bits per heavy atom. The summed E-state index contributed by atoms with van der Waals surface area (Å²) in [6.07, 6.45) is 5.72. The highest BCUT2D eigenvalue weighted by molar-refractivity contribution is 5.69. The van der Waals surface area contributed by atoms with Gasteiger partial charge in [0.05, 0.1) is 12.7 Å². The van der Waals surface area contributed by atoms with Gasteiger partial charge in [0.1, 0.15) is 0 Å². The van der Waals surface area contributed by atoms with Gasteiger partial charge < -0.3 is 9.84 Å². The summed E-state index contributed by atoms with van der Waals surface area (Å²) in [4.78, 5) is 11.1. The second-order valence-electron chi connectivity index (χ2n) is 3.64. The average molecular weight is 214 g/mol. The van der Waals surface area contributed by atoms with E-state index in [1.807, 2.05) is 6.92 Å². The number of aliphatic hydroxyl groups excluding tert-OH is 1. The van der Waals surface area contributed by atoms with Crippen molar-refractivity contribution < 1.29 is 14.6 Å². The van der Waals surface area contributed by atoms with Gasteiger partial charge in [0.15, 0.2) is 0 Å². The zero-order valence-corrected chi connectivity index (χ0v) is 9.58. The maximum atomic E-state index is 11.1. The van der Waals surface area contributed by atoms with Crippen molar-refractivity contribution in [2.24, 2.45) is 0 Å². The van der Waals surface area contributed by atoms with Crippen molar-refractivity contribution in [3.8, 4) is 0 Å². The van der Waals surface area contributed by atoms with Crippen LogP contribution in [0.15, 0.2) is 12.7 Å². The molecule has 0 unspecified atom stereocenters. The van der Waals surface area contributed by atoms with E-state index < -0.39 is 0 Å². The topological polar surface area (TPSA) is 46.5 Å². The molecule has 88 valence electrons. The van der Waals surface area contributed by atoms with Crippen LogP contribution in [0.5, 0.6) is 0 Å². The summed E-state index contributed by atoms with van der Waals surface area (Å²) in [5, 5.41) is 9.37. The first-order valence-corrected chi connectivity index (χ1v) is 5.65. The lowest BCUT2D eigenvalue weighted by Crippen LogP contribution is -2.07. The lowest BCUT2D eigenvalue weighted by molar-refractivity contribution is -0.143. The van der Waals surface area contributed by atoms with Gasteiger partial charge in [0.2, 0.25) is 0 Å². The molecule has 0 rings (SSSR count). The second kappa shape index (κ2) is 9.71. The van der Waals surface area contributed by atoms with E-state index >= 15 is 0 Å². The SMILES string of the molecule is C=CC[C@@H](O)CCCCC(=O)OCCC. The molecule has 0 aromatic rings. The maximum Gasteiger partial charge on any atom is 0.305 e. The van der Waals surface area contributed by atoms with Crippen molar-refractivity contribution in [2.75, 3.05) is 6.61 Å². The van der Waals surface area contributed by atoms with E-state index in [1.54, 1.807) is 6.08 Å². The fraction of sp³-hybridized carbons (Fsp3) is 0.750. The monoisotopic (exact) mass is 214 g/mol. The Labute approximate surface area is 92.1 Å². The van der Waals surface area contributed by atoms with E-state index in [2.05, 4.69) is 6.58 Å². The largest absolute Gasteiger partial charge is 0.466 e. The average Bonchev–Trinajstić information content (AvgIpc) is 2.22.